The molecule has 0 saturated carbocycles. The third kappa shape index (κ3) is 3.48. The predicted molar refractivity (Wildman–Crippen MR) is 95.4 cm³/mol. The summed E-state index contributed by atoms with van der Waals surface area (Å²) < 4.78 is 11.1. The Balaban J connectivity index is 0.00000169. The monoisotopic (exact) mass is 367 g/mol. The maximum Gasteiger partial charge on any atom is 0.230 e. The molecule has 4 rings (SSSR count). The Morgan fingerprint density at radius 2 is 2.12 bits per heavy atom. The first kappa shape index (κ1) is 17.0. The molecule has 0 spiro atoms. The Morgan fingerprint density at radius 1 is 1.29 bits per heavy atom. The highest BCUT2D eigenvalue weighted by atomic mass is 35.5. The van der Waals surface area contributed by atoms with Gasteiger partial charge in [0, 0.05) is 17.5 Å². The molecule has 3 heterocycles. The topological polar surface area (TPSA) is 72.5 Å². The van der Waals surface area contributed by atoms with E-state index in [0.29, 0.717) is 18.3 Å². The number of carbonyl (C=O) groups excluding carboxylic acids is 1. The number of amides is 1. The smallest absolute Gasteiger partial charge is 0.230 e. The zero-order valence-corrected chi connectivity index (χ0v) is 14.5. The fourth-order valence-electron chi connectivity index (χ4n) is 2.75. The van der Waals surface area contributed by atoms with Crippen molar-refractivity contribution in [2.45, 2.75) is 6.42 Å². The van der Waals surface area contributed by atoms with E-state index in [4.69, 9.17) is 9.47 Å². The lowest BCUT2D eigenvalue weighted by Crippen LogP contribution is -2.24. The molecule has 2 aromatic rings. The van der Waals surface area contributed by atoms with Crippen molar-refractivity contribution < 1.29 is 14.3 Å². The minimum absolute atomic E-state index is 0. The summed E-state index contributed by atoms with van der Waals surface area (Å²) in [7, 11) is 0. The SMILES string of the molecule is Cl.O=C(Nc1nc(-c2ccc3c(c2)OCCO3)cs1)C1CCNC1. The number of carbonyl (C=O) groups is 1. The van der Waals surface area contributed by atoms with Gasteiger partial charge in [-0.25, -0.2) is 4.98 Å². The van der Waals surface area contributed by atoms with Crippen molar-refractivity contribution in [2.24, 2.45) is 5.92 Å². The molecule has 1 aromatic carbocycles. The number of hydrogen-bond donors (Lipinski definition) is 2. The third-order valence-corrected chi connectivity index (χ3v) is 4.76. The largest absolute Gasteiger partial charge is 0.486 e. The second kappa shape index (κ2) is 7.38. The Labute approximate surface area is 150 Å². The van der Waals surface area contributed by atoms with Crippen LogP contribution in [0.3, 0.4) is 0 Å². The molecule has 2 N–H and O–H groups in total. The van der Waals surface area contributed by atoms with Gasteiger partial charge in [-0.1, -0.05) is 0 Å². The van der Waals surface area contributed by atoms with E-state index in [2.05, 4.69) is 15.6 Å². The van der Waals surface area contributed by atoms with Gasteiger partial charge in [0.25, 0.3) is 0 Å². The van der Waals surface area contributed by atoms with Gasteiger partial charge in [-0.3, -0.25) is 4.79 Å². The Bertz CT molecular complexity index is 731. The molecule has 1 fully saturated rings. The van der Waals surface area contributed by atoms with Crippen LogP contribution in [0.25, 0.3) is 11.3 Å². The molecule has 24 heavy (non-hydrogen) atoms. The van der Waals surface area contributed by atoms with E-state index < -0.39 is 0 Å². The number of anilines is 1. The highest BCUT2D eigenvalue weighted by Crippen LogP contribution is 2.35. The second-order valence-electron chi connectivity index (χ2n) is 5.58. The van der Waals surface area contributed by atoms with Gasteiger partial charge in [0.05, 0.1) is 11.6 Å². The molecule has 2 aliphatic heterocycles. The summed E-state index contributed by atoms with van der Waals surface area (Å²) in [6.07, 6.45) is 0.881. The molecule has 1 aromatic heterocycles. The van der Waals surface area contributed by atoms with Crippen LogP contribution in [-0.2, 0) is 4.79 Å². The Kier molecular flexibility index (Phi) is 5.23. The minimum atomic E-state index is 0. The number of rotatable bonds is 3. The number of aromatic nitrogens is 1. The van der Waals surface area contributed by atoms with Crippen LogP contribution in [0.1, 0.15) is 6.42 Å². The minimum Gasteiger partial charge on any atom is -0.486 e. The van der Waals surface area contributed by atoms with Gasteiger partial charge in [-0.15, -0.1) is 23.7 Å². The summed E-state index contributed by atoms with van der Waals surface area (Å²) >= 11 is 1.43. The van der Waals surface area contributed by atoms with Crippen LogP contribution in [-0.4, -0.2) is 37.2 Å². The van der Waals surface area contributed by atoms with Crippen molar-refractivity contribution in [2.75, 3.05) is 31.6 Å². The molecule has 1 amide bonds. The van der Waals surface area contributed by atoms with Gasteiger partial charge in [0.1, 0.15) is 13.2 Å². The van der Waals surface area contributed by atoms with Crippen LogP contribution in [0.2, 0.25) is 0 Å². The lowest BCUT2D eigenvalue weighted by molar-refractivity contribution is -0.119. The van der Waals surface area contributed by atoms with Crippen molar-refractivity contribution in [3.8, 4) is 22.8 Å². The number of thiazole rings is 1. The van der Waals surface area contributed by atoms with Gasteiger partial charge in [0.15, 0.2) is 16.6 Å². The van der Waals surface area contributed by atoms with Crippen molar-refractivity contribution in [1.29, 1.82) is 0 Å². The molecule has 6 nitrogen and oxygen atoms in total. The van der Waals surface area contributed by atoms with E-state index in [1.165, 1.54) is 11.3 Å². The van der Waals surface area contributed by atoms with Gasteiger partial charge in [-0.05, 0) is 31.2 Å². The van der Waals surface area contributed by atoms with E-state index >= 15 is 0 Å². The maximum absolute atomic E-state index is 12.1. The first-order valence-corrected chi connectivity index (χ1v) is 8.55. The lowest BCUT2D eigenvalue weighted by atomic mass is 10.1. The number of halogens is 1. The fourth-order valence-corrected chi connectivity index (χ4v) is 3.47. The van der Waals surface area contributed by atoms with Crippen molar-refractivity contribution >= 4 is 34.8 Å². The average Bonchev–Trinajstić information content (AvgIpc) is 3.26. The Morgan fingerprint density at radius 3 is 2.92 bits per heavy atom. The number of nitrogens with zero attached hydrogens (tertiary/aromatic N) is 1. The van der Waals surface area contributed by atoms with E-state index in [1.54, 1.807) is 0 Å². The number of fused-ring (bicyclic) bond motifs is 1. The average molecular weight is 368 g/mol. The van der Waals surface area contributed by atoms with Gasteiger partial charge >= 0.3 is 0 Å². The van der Waals surface area contributed by atoms with Crippen molar-refractivity contribution in [3.05, 3.63) is 23.6 Å². The molecule has 1 saturated heterocycles. The fraction of sp³-hybridized carbons (Fsp3) is 0.375. The zero-order chi connectivity index (χ0) is 15.6. The van der Waals surface area contributed by atoms with Crippen molar-refractivity contribution in [1.82, 2.24) is 10.3 Å². The van der Waals surface area contributed by atoms with Crippen LogP contribution in [0.15, 0.2) is 23.6 Å². The zero-order valence-electron chi connectivity index (χ0n) is 12.9. The molecule has 0 bridgehead atoms. The van der Waals surface area contributed by atoms with E-state index in [0.717, 1.165) is 42.3 Å². The molecule has 2 aliphatic rings. The summed E-state index contributed by atoms with van der Waals surface area (Å²) in [5.41, 5.74) is 1.78. The molecular formula is C16H18ClN3O3S. The molecular weight excluding hydrogens is 350 g/mol. The molecule has 8 heteroatoms. The highest BCUT2D eigenvalue weighted by Gasteiger charge is 2.23. The van der Waals surface area contributed by atoms with Crippen LogP contribution >= 0.6 is 23.7 Å². The van der Waals surface area contributed by atoms with Crippen LogP contribution in [0.4, 0.5) is 5.13 Å². The van der Waals surface area contributed by atoms with E-state index in [-0.39, 0.29) is 24.2 Å². The molecule has 1 unspecified atom stereocenters. The lowest BCUT2D eigenvalue weighted by Gasteiger charge is -2.18. The number of ether oxygens (including phenoxy) is 2. The standard InChI is InChI=1S/C16H17N3O3S.ClH/c20-15(11-3-4-17-8-11)19-16-18-12(9-23-16)10-1-2-13-14(7-10)22-6-5-21-13;/h1-2,7,9,11,17H,3-6,8H2,(H,18,19,20);1H. The number of nitrogens with one attached hydrogen (secondary N) is 2. The quantitative estimate of drug-likeness (QED) is 0.872. The summed E-state index contributed by atoms with van der Waals surface area (Å²) in [6.45, 7) is 2.78. The van der Waals surface area contributed by atoms with Gasteiger partial charge in [-0.2, -0.15) is 0 Å². The molecule has 0 aliphatic carbocycles. The van der Waals surface area contributed by atoms with E-state index in [1.807, 2.05) is 23.6 Å². The Hall–Kier alpha value is -1.83. The van der Waals surface area contributed by atoms with Gasteiger partial charge < -0.3 is 20.1 Å². The van der Waals surface area contributed by atoms with Gasteiger partial charge in [0.2, 0.25) is 5.91 Å². The third-order valence-electron chi connectivity index (χ3n) is 4.00. The van der Waals surface area contributed by atoms with Crippen LogP contribution < -0.4 is 20.1 Å². The first-order valence-electron chi connectivity index (χ1n) is 7.67. The predicted octanol–water partition coefficient (Wildman–Crippen LogP) is 2.55. The summed E-state index contributed by atoms with van der Waals surface area (Å²) in [4.78, 5) is 16.6. The normalized spacial score (nSPS) is 18.8. The first-order chi connectivity index (χ1) is 11.3. The second-order valence-corrected chi connectivity index (χ2v) is 6.43. The van der Waals surface area contributed by atoms with Crippen LogP contribution in [0, 0.1) is 5.92 Å². The summed E-state index contributed by atoms with van der Waals surface area (Å²) in [5.74, 6) is 1.58. The maximum atomic E-state index is 12.1. The molecule has 128 valence electrons. The summed E-state index contributed by atoms with van der Waals surface area (Å²) in [6, 6.07) is 5.77. The van der Waals surface area contributed by atoms with E-state index in [9.17, 15) is 4.79 Å². The van der Waals surface area contributed by atoms with Crippen LogP contribution in [0.5, 0.6) is 11.5 Å². The molecule has 1 atom stereocenters. The highest BCUT2D eigenvalue weighted by molar-refractivity contribution is 7.14. The molecule has 0 radical (unpaired) electrons. The number of hydrogen-bond acceptors (Lipinski definition) is 6. The summed E-state index contributed by atoms with van der Waals surface area (Å²) in [5, 5.41) is 8.67. The number of benzene rings is 1. The van der Waals surface area contributed by atoms with Crippen molar-refractivity contribution in [3.63, 3.8) is 0 Å².